The number of ether oxygens (including phenoxy) is 2. The molecule has 2 rings (SSSR count). The van der Waals surface area contributed by atoms with Gasteiger partial charge in [-0.25, -0.2) is 4.98 Å². The van der Waals surface area contributed by atoms with Gasteiger partial charge in [0.15, 0.2) is 0 Å². The van der Waals surface area contributed by atoms with Gasteiger partial charge in [0, 0.05) is 32.5 Å². The van der Waals surface area contributed by atoms with Crippen LogP contribution in [0.2, 0.25) is 0 Å². The second-order valence-electron chi connectivity index (χ2n) is 4.51. The van der Waals surface area contributed by atoms with Gasteiger partial charge in [0.05, 0.1) is 13.7 Å². The second-order valence-corrected chi connectivity index (χ2v) is 4.51. The Labute approximate surface area is 119 Å². The average molecular weight is 272 g/mol. The summed E-state index contributed by atoms with van der Waals surface area (Å²) >= 11 is 0. The zero-order valence-electron chi connectivity index (χ0n) is 11.9. The lowest BCUT2D eigenvalue weighted by atomic mass is 10.1. The van der Waals surface area contributed by atoms with Gasteiger partial charge in [-0.1, -0.05) is 24.3 Å². The average Bonchev–Trinajstić information content (AvgIpc) is 2.49. The standard InChI is InChI=1S/C16H20N2O2/c1-19-12-15-6-4-3-5-14(15)11-17-10-13-7-8-18-16(9-13)20-2/h3-9,17H,10-12H2,1-2H3. The summed E-state index contributed by atoms with van der Waals surface area (Å²) in [7, 11) is 3.34. The minimum atomic E-state index is 0.640. The van der Waals surface area contributed by atoms with Gasteiger partial charge in [0.1, 0.15) is 0 Å². The molecule has 0 spiro atoms. The molecule has 0 saturated carbocycles. The van der Waals surface area contributed by atoms with Gasteiger partial charge < -0.3 is 14.8 Å². The van der Waals surface area contributed by atoms with Gasteiger partial charge in [-0.2, -0.15) is 0 Å². The normalized spacial score (nSPS) is 10.5. The maximum atomic E-state index is 5.21. The fourth-order valence-electron chi connectivity index (χ4n) is 2.04. The fourth-order valence-corrected chi connectivity index (χ4v) is 2.04. The summed E-state index contributed by atoms with van der Waals surface area (Å²) in [4.78, 5) is 4.10. The highest BCUT2D eigenvalue weighted by atomic mass is 16.5. The third kappa shape index (κ3) is 4.05. The van der Waals surface area contributed by atoms with E-state index in [0.29, 0.717) is 12.5 Å². The maximum absolute atomic E-state index is 5.21. The number of pyridine rings is 1. The first-order chi connectivity index (χ1) is 9.83. The first kappa shape index (κ1) is 14.5. The van der Waals surface area contributed by atoms with E-state index < -0.39 is 0 Å². The number of hydrogen-bond acceptors (Lipinski definition) is 4. The van der Waals surface area contributed by atoms with Crippen LogP contribution in [0.5, 0.6) is 5.88 Å². The SMILES string of the molecule is COCc1ccccc1CNCc1ccnc(OC)c1. The van der Waals surface area contributed by atoms with E-state index in [2.05, 4.69) is 22.4 Å². The zero-order chi connectivity index (χ0) is 14.2. The molecule has 0 fully saturated rings. The Kier molecular flexibility index (Phi) is 5.53. The Morgan fingerprint density at radius 2 is 1.85 bits per heavy atom. The van der Waals surface area contributed by atoms with E-state index in [0.717, 1.165) is 18.7 Å². The first-order valence-electron chi connectivity index (χ1n) is 6.59. The van der Waals surface area contributed by atoms with Crippen LogP contribution in [0.1, 0.15) is 16.7 Å². The Balaban J connectivity index is 1.92. The van der Waals surface area contributed by atoms with Crippen molar-refractivity contribution in [3.05, 3.63) is 59.3 Å². The van der Waals surface area contributed by atoms with Crippen LogP contribution >= 0.6 is 0 Å². The third-order valence-electron chi connectivity index (χ3n) is 3.07. The smallest absolute Gasteiger partial charge is 0.213 e. The van der Waals surface area contributed by atoms with Crippen molar-refractivity contribution in [3.63, 3.8) is 0 Å². The Bertz CT molecular complexity index is 544. The van der Waals surface area contributed by atoms with E-state index in [4.69, 9.17) is 9.47 Å². The summed E-state index contributed by atoms with van der Waals surface area (Å²) in [6.45, 7) is 2.23. The van der Waals surface area contributed by atoms with Crippen LogP contribution in [0.25, 0.3) is 0 Å². The largest absolute Gasteiger partial charge is 0.481 e. The lowest BCUT2D eigenvalue weighted by Gasteiger charge is -2.10. The Morgan fingerprint density at radius 1 is 1.05 bits per heavy atom. The quantitative estimate of drug-likeness (QED) is 0.841. The van der Waals surface area contributed by atoms with Gasteiger partial charge in [-0.05, 0) is 22.8 Å². The molecule has 0 aliphatic carbocycles. The molecule has 0 unspecified atom stereocenters. The lowest BCUT2D eigenvalue weighted by Crippen LogP contribution is -2.14. The Hall–Kier alpha value is -1.91. The highest BCUT2D eigenvalue weighted by Crippen LogP contribution is 2.11. The molecule has 1 aromatic carbocycles. The predicted octanol–water partition coefficient (Wildman–Crippen LogP) is 2.53. The highest BCUT2D eigenvalue weighted by molar-refractivity contribution is 5.26. The first-order valence-corrected chi connectivity index (χ1v) is 6.59. The molecule has 0 saturated heterocycles. The molecule has 0 bridgehead atoms. The van der Waals surface area contributed by atoms with Gasteiger partial charge in [-0.3, -0.25) is 0 Å². The van der Waals surface area contributed by atoms with E-state index in [9.17, 15) is 0 Å². The highest BCUT2D eigenvalue weighted by Gasteiger charge is 2.02. The van der Waals surface area contributed by atoms with Gasteiger partial charge in [0.2, 0.25) is 5.88 Å². The summed E-state index contributed by atoms with van der Waals surface area (Å²) in [5.74, 6) is 0.643. The topological polar surface area (TPSA) is 43.4 Å². The fraction of sp³-hybridized carbons (Fsp3) is 0.312. The van der Waals surface area contributed by atoms with Crippen molar-refractivity contribution in [1.82, 2.24) is 10.3 Å². The number of nitrogens with zero attached hydrogens (tertiary/aromatic N) is 1. The monoisotopic (exact) mass is 272 g/mol. The summed E-state index contributed by atoms with van der Waals surface area (Å²) in [6, 6.07) is 12.2. The van der Waals surface area contributed by atoms with Crippen molar-refractivity contribution in [2.45, 2.75) is 19.7 Å². The zero-order valence-corrected chi connectivity index (χ0v) is 11.9. The number of hydrogen-bond donors (Lipinski definition) is 1. The van der Waals surface area contributed by atoms with Crippen molar-refractivity contribution in [2.75, 3.05) is 14.2 Å². The Morgan fingerprint density at radius 3 is 2.60 bits per heavy atom. The van der Waals surface area contributed by atoms with E-state index in [1.54, 1.807) is 20.4 Å². The molecule has 1 heterocycles. The predicted molar refractivity (Wildman–Crippen MR) is 78.5 cm³/mol. The van der Waals surface area contributed by atoms with Gasteiger partial charge in [-0.15, -0.1) is 0 Å². The van der Waals surface area contributed by atoms with Crippen LogP contribution in [0.15, 0.2) is 42.6 Å². The summed E-state index contributed by atoms with van der Waals surface area (Å²) < 4.78 is 10.3. The third-order valence-corrected chi connectivity index (χ3v) is 3.07. The van der Waals surface area contributed by atoms with Crippen molar-refractivity contribution in [2.24, 2.45) is 0 Å². The van der Waals surface area contributed by atoms with Gasteiger partial charge >= 0.3 is 0 Å². The van der Waals surface area contributed by atoms with Crippen LogP contribution in [0, 0.1) is 0 Å². The molecule has 1 N–H and O–H groups in total. The van der Waals surface area contributed by atoms with Crippen LogP contribution in [-0.4, -0.2) is 19.2 Å². The molecule has 106 valence electrons. The molecular weight excluding hydrogens is 252 g/mol. The molecule has 0 aliphatic rings. The molecular formula is C16H20N2O2. The number of aromatic nitrogens is 1. The van der Waals surface area contributed by atoms with E-state index in [1.165, 1.54) is 11.1 Å². The van der Waals surface area contributed by atoms with E-state index in [-0.39, 0.29) is 0 Å². The molecule has 4 nitrogen and oxygen atoms in total. The molecule has 1 aromatic heterocycles. The molecule has 0 amide bonds. The van der Waals surface area contributed by atoms with Crippen LogP contribution in [-0.2, 0) is 24.4 Å². The number of methoxy groups -OCH3 is 2. The molecule has 0 radical (unpaired) electrons. The molecule has 2 aromatic rings. The maximum Gasteiger partial charge on any atom is 0.213 e. The van der Waals surface area contributed by atoms with E-state index in [1.807, 2.05) is 24.3 Å². The summed E-state index contributed by atoms with van der Waals surface area (Å²) in [5, 5.41) is 3.43. The minimum absolute atomic E-state index is 0.640. The molecule has 20 heavy (non-hydrogen) atoms. The number of nitrogens with one attached hydrogen (secondary N) is 1. The van der Waals surface area contributed by atoms with Crippen LogP contribution in [0.4, 0.5) is 0 Å². The second kappa shape index (κ2) is 7.62. The minimum Gasteiger partial charge on any atom is -0.481 e. The summed E-state index contributed by atoms with van der Waals surface area (Å²) in [6.07, 6.45) is 1.76. The van der Waals surface area contributed by atoms with Crippen molar-refractivity contribution >= 4 is 0 Å². The van der Waals surface area contributed by atoms with Crippen molar-refractivity contribution < 1.29 is 9.47 Å². The number of benzene rings is 1. The van der Waals surface area contributed by atoms with Crippen LogP contribution in [0.3, 0.4) is 0 Å². The molecule has 0 aliphatic heterocycles. The summed E-state index contributed by atoms with van der Waals surface area (Å²) in [5.41, 5.74) is 3.63. The van der Waals surface area contributed by atoms with Crippen molar-refractivity contribution in [3.8, 4) is 5.88 Å². The number of rotatable bonds is 7. The van der Waals surface area contributed by atoms with E-state index >= 15 is 0 Å². The molecule has 0 atom stereocenters. The molecule has 4 heteroatoms. The van der Waals surface area contributed by atoms with Gasteiger partial charge in [0.25, 0.3) is 0 Å². The lowest BCUT2D eigenvalue weighted by molar-refractivity contribution is 0.184. The van der Waals surface area contributed by atoms with Crippen molar-refractivity contribution in [1.29, 1.82) is 0 Å². The van der Waals surface area contributed by atoms with Crippen LogP contribution < -0.4 is 10.1 Å².